The molecule has 0 fully saturated rings. The molecule has 0 bridgehead atoms. The summed E-state index contributed by atoms with van der Waals surface area (Å²) in [7, 11) is -3.88. The number of alkyl halides is 3. The van der Waals surface area contributed by atoms with Crippen LogP contribution in [0, 0.1) is 6.92 Å². The number of nitrogens with two attached hydrogens (primary N) is 1. The Morgan fingerprint density at radius 3 is 2.21 bits per heavy atom. The van der Waals surface area contributed by atoms with Crippen LogP contribution in [0.2, 0.25) is 0 Å². The van der Waals surface area contributed by atoms with Crippen LogP contribution in [0.4, 0.5) is 13.2 Å². The third-order valence-corrected chi connectivity index (χ3v) is 3.30. The zero-order chi connectivity index (χ0) is 14.1. The fourth-order valence-corrected chi connectivity index (χ4v) is 2.05. The van der Waals surface area contributed by atoms with E-state index in [0.29, 0.717) is 0 Å². The lowest BCUT2D eigenvalue weighted by molar-refractivity contribution is -0.189. The minimum Gasteiger partial charge on any atom is -0.481 e. The minimum atomic E-state index is -4.48. The Hall–Kier alpha value is -0.990. The number of halogens is 4. The number of hydrogen-bond acceptors (Lipinski definition) is 3. The molecule has 19 heavy (non-hydrogen) atoms. The van der Waals surface area contributed by atoms with Crippen LogP contribution in [0.15, 0.2) is 23.1 Å². The van der Waals surface area contributed by atoms with E-state index in [1.54, 1.807) is 0 Å². The second-order valence-corrected chi connectivity index (χ2v) is 5.30. The topological polar surface area (TPSA) is 69.4 Å². The largest absolute Gasteiger partial charge is 0.481 e. The summed E-state index contributed by atoms with van der Waals surface area (Å²) >= 11 is 0. The van der Waals surface area contributed by atoms with Crippen LogP contribution < -0.4 is 9.88 Å². The summed E-state index contributed by atoms with van der Waals surface area (Å²) in [5, 5.41) is 4.93. The molecule has 1 atom stereocenters. The molecule has 1 unspecified atom stereocenters. The first-order chi connectivity index (χ1) is 8.01. The van der Waals surface area contributed by atoms with E-state index in [1.165, 1.54) is 13.0 Å². The Morgan fingerprint density at radius 1 is 1.32 bits per heavy atom. The maximum atomic E-state index is 12.3. The fraction of sp³-hybridized carbons (Fsp3) is 0.400. The van der Waals surface area contributed by atoms with Gasteiger partial charge in [0.25, 0.3) is 0 Å². The van der Waals surface area contributed by atoms with Crippen molar-refractivity contribution in [3.05, 3.63) is 23.8 Å². The van der Waals surface area contributed by atoms with E-state index >= 15 is 0 Å². The molecule has 1 rings (SSSR count). The molecular weight excluding hydrogens is 307 g/mol. The summed E-state index contributed by atoms with van der Waals surface area (Å²) in [6, 6.07) is 3.44. The zero-order valence-electron chi connectivity index (χ0n) is 10.1. The van der Waals surface area contributed by atoms with Gasteiger partial charge >= 0.3 is 6.18 Å². The number of hydrogen-bond donors (Lipinski definition) is 1. The van der Waals surface area contributed by atoms with E-state index in [2.05, 4.69) is 4.74 Å². The van der Waals surface area contributed by atoms with Crippen molar-refractivity contribution in [2.45, 2.75) is 31.0 Å². The minimum absolute atomic E-state index is 0. The maximum Gasteiger partial charge on any atom is 0.425 e. The highest BCUT2D eigenvalue weighted by Crippen LogP contribution is 2.26. The Kier molecular flexibility index (Phi) is 5.66. The van der Waals surface area contributed by atoms with Gasteiger partial charge in [-0.2, -0.15) is 13.2 Å². The highest BCUT2D eigenvalue weighted by molar-refractivity contribution is 7.89. The first-order valence-corrected chi connectivity index (χ1v) is 6.43. The lowest BCUT2D eigenvalue weighted by Crippen LogP contribution is -2.31. The van der Waals surface area contributed by atoms with Gasteiger partial charge in [-0.25, -0.2) is 13.6 Å². The Bertz CT molecular complexity index is 545. The average Bonchev–Trinajstić information content (AvgIpc) is 2.13. The molecule has 0 aliphatic carbocycles. The summed E-state index contributed by atoms with van der Waals surface area (Å²) < 4.78 is 63.7. The Balaban J connectivity index is 0.00000324. The van der Waals surface area contributed by atoms with Gasteiger partial charge in [0.2, 0.25) is 10.0 Å². The lowest BCUT2D eigenvalue weighted by Gasteiger charge is -2.18. The van der Waals surface area contributed by atoms with Crippen molar-refractivity contribution in [1.82, 2.24) is 0 Å². The van der Waals surface area contributed by atoms with Crippen LogP contribution in [0.3, 0.4) is 0 Å². The fourth-order valence-electron chi connectivity index (χ4n) is 1.29. The number of benzene rings is 1. The standard InChI is InChI=1S/C10H12F3NO3S.ClH/c1-6-5-8(17-7(2)10(11,12)13)3-4-9(6)18(14,15)16;/h3-5,7H,1-2H3,(H2,14,15,16);1H. The lowest BCUT2D eigenvalue weighted by atomic mass is 10.2. The van der Waals surface area contributed by atoms with Gasteiger partial charge in [0.05, 0.1) is 4.90 Å². The number of ether oxygens (including phenoxy) is 1. The van der Waals surface area contributed by atoms with E-state index in [4.69, 9.17) is 5.14 Å². The molecule has 0 heterocycles. The molecule has 0 saturated heterocycles. The van der Waals surface area contributed by atoms with Gasteiger partial charge in [-0.05, 0) is 37.6 Å². The summed E-state index contributed by atoms with van der Waals surface area (Å²) in [4.78, 5) is -0.144. The predicted octanol–water partition coefficient (Wildman–Crippen LogP) is 2.39. The van der Waals surface area contributed by atoms with Crippen molar-refractivity contribution in [3.8, 4) is 5.75 Å². The van der Waals surface area contributed by atoms with Crippen LogP contribution >= 0.6 is 12.4 Å². The number of primary sulfonamides is 1. The Labute approximate surface area is 115 Å². The highest BCUT2D eigenvalue weighted by atomic mass is 35.5. The van der Waals surface area contributed by atoms with Crippen LogP contribution in [0.5, 0.6) is 5.75 Å². The molecule has 4 nitrogen and oxygen atoms in total. The van der Waals surface area contributed by atoms with Crippen molar-refractivity contribution < 1.29 is 26.3 Å². The first-order valence-electron chi connectivity index (χ1n) is 4.88. The molecule has 2 N–H and O–H groups in total. The third-order valence-electron chi connectivity index (χ3n) is 2.23. The SMILES string of the molecule is Cc1cc(OC(C)C(F)(F)F)ccc1S(N)(=O)=O.Cl. The molecule has 0 spiro atoms. The summed E-state index contributed by atoms with van der Waals surface area (Å²) in [6.45, 7) is 2.29. The maximum absolute atomic E-state index is 12.3. The van der Waals surface area contributed by atoms with Crippen LogP contribution in [0.1, 0.15) is 12.5 Å². The molecule has 0 aromatic heterocycles. The summed E-state index contributed by atoms with van der Waals surface area (Å²) in [5.74, 6) is -0.0651. The molecule has 1 aromatic rings. The molecule has 9 heteroatoms. The zero-order valence-corrected chi connectivity index (χ0v) is 11.7. The van der Waals surface area contributed by atoms with Gasteiger partial charge in [0.15, 0.2) is 6.10 Å². The van der Waals surface area contributed by atoms with Gasteiger partial charge in [-0.15, -0.1) is 12.4 Å². The average molecular weight is 320 g/mol. The van der Waals surface area contributed by atoms with Crippen LogP contribution in [-0.2, 0) is 10.0 Å². The van der Waals surface area contributed by atoms with Crippen molar-refractivity contribution >= 4 is 22.4 Å². The molecule has 0 aliphatic heterocycles. The monoisotopic (exact) mass is 319 g/mol. The van der Waals surface area contributed by atoms with Gasteiger partial charge in [-0.3, -0.25) is 0 Å². The van der Waals surface area contributed by atoms with E-state index < -0.39 is 22.3 Å². The van der Waals surface area contributed by atoms with Crippen molar-refractivity contribution in [1.29, 1.82) is 0 Å². The predicted molar refractivity (Wildman–Crippen MR) is 65.9 cm³/mol. The van der Waals surface area contributed by atoms with Gasteiger partial charge < -0.3 is 4.74 Å². The second kappa shape index (κ2) is 5.98. The first kappa shape index (κ1) is 18.0. The van der Waals surface area contributed by atoms with Crippen LogP contribution in [0.25, 0.3) is 0 Å². The summed E-state index contributed by atoms with van der Waals surface area (Å²) in [5.41, 5.74) is 0.226. The number of aryl methyl sites for hydroxylation is 1. The third kappa shape index (κ3) is 4.88. The van der Waals surface area contributed by atoms with Gasteiger partial charge in [-0.1, -0.05) is 0 Å². The van der Waals surface area contributed by atoms with Crippen molar-refractivity contribution in [2.75, 3.05) is 0 Å². The molecule has 0 amide bonds. The molecule has 110 valence electrons. The van der Waals surface area contributed by atoms with E-state index in [0.717, 1.165) is 19.1 Å². The van der Waals surface area contributed by atoms with E-state index in [1.807, 2.05) is 0 Å². The van der Waals surface area contributed by atoms with Crippen molar-refractivity contribution in [2.24, 2.45) is 5.14 Å². The molecular formula is C10H13ClF3NO3S. The van der Waals surface area contributed by atoms with Gasteiger partial charge in [0, 0.05) is 0 Å². The van der Waals surface area contributed by atoms with Crippen molar-refractivity contribution in [3.63, 3.8) is 0 Å². The molecule has 1 aromatic carbocycles. The van der Waals surface area contributed by atoms with E-state index in [-0.39, 0.29) is 28.6 Å². The quantitative estimate of drug-likeness (QED) is 0.930. The molecule has 0 radical (unpaired) electrons. The van der Waals surface area contributed by atoms with Gasteiger partial charge in [0.1, 0.15) is 5.75 Å². The molecule has 0 saturated carbocycles. The second-order valence-electron chi connectivity index (χ2n) is 3.77. The Morgan fingerprint density at radius 2 is 1.84 bits per heavy atom. The number of rotatable bonds is 3. The smallest absolute Gasteiger partial charge is 0.425 e. The molecule has 0 aliphatic rings. The van der Waals surface area contributed by atoms with E-state index in [9.17, 15) is 21.6 Å². The normalized spacial score (nSPS) is 13.6. The van der Waals surface area contributed by atoms with Crippen LogP contribution in [-0.4, -0.2) is 20.7 Å². The summed E-state index contributed by atoms with van der Waals surface area (Å²) in [6.07, 6.45) is -6.45. The number of sulfonamides is 1. The highest BCUT2D eigenvalue weighted by Gasteiger charge is 2.38.